The molecule has 0 amide bonds. The molecule has 0 aromatic rings. The molecule has 6 heteroatoms. The van der Waals surface area contributed by atoms with Crippen molar-refractivity contribution in [2.24, 2.45) is 0 Å². The van der Waals surface area contributed by atoms with Crippen molar-refractivity contribution < 1.29 is 20.1 Å². The van der Waals surface area contributed by atoms with Gasteiger partial charge in [-0.3, -0.25) is 4.90 Å². The van der Waals surface area contributed by atoms with Crippen LogP contribution in [0.3, 0.4) is 0 Å². The van der Waals surface area contributed by atoms with Gasteiger partial charge in [0, 0.05) is 29.7 Å². The highest BCUT2D eigenvalue weighted by molar-refractivity contribution is 6.33. The van der Waals surface area contributed by atoms with E-state index in [2.05, 4.69) is 6.55 Å². The van der Waals surface area contributed by atoms with Gasteiger partial charge in [0.05, 0.1) is 25.4 Å². The number of methoxy groups -OCH3 is 1. The number of nitrogens with zero attached hydrogens (tertiary/aromatic N) is 1. The maximum atomic E-state index is 9.66. The summed E-state index contributed by atoms with van der Waals surface area (Å²) in [5.74, 6) is 0. The Morgan fingerprint density at radius 3 is 2.41 bits per heavy atom. The molecule has 0 aliphatic heterocycles. The lowest BCUT2D eigenvalue weighted by Crippen LogP contribution is -2.41. The third-order valence-electron chi connectivity index (χ3n) is 2.59. The summed E-state index contributed by atoms with van der Waals surface area (Å²) in [4.78, 5) is 1.99. The van der Waals surface area contributed by atoms with Crippen LogP contribution in [0.5, 0.6) is 0 Å². The zero-order chi connectivity index (χ0) is 13.1. The molecule has 104 valence electrons. The molecule has 0 spiro atoms. The van der Waals surface area contributed by atoms with E-state index in [1.165, 1.54) is 6.04 Å². The molecule has 0 aromatic heterocycles. The third-order valence-corrected chi connectivity index (χ3v) is 3.79. The molecule has 0 bridgehead atoms. The molecule has 3 N–H and O–H groups in total. The van der Waals surface area contributed by atoms with E-state index < -0.39 is 12.2 Å². The Morgan fingerprint density at radius 2 is 1.88 bits per heavy atom. The Hall–Kier alpha value is 0.0169. The van der Waals surface area contributed by atoms with Gasteiger partial charge < -0.3 is 20.1 Å². The van der Waals surface area contributed by atoms with E-state index in [1.807, 2.05) is 4.90 Å². The SMILES string of the molecule is COCC(O)CN(CCC[SiH2]C)CC(O)CO. The lowest BCUT2D eigenvalue weighted by molar-refractivity contribution is 0.0136. The van der Waals surface area contributed by atoms with Gasteiger partial charge >= 0.3 is 0 Å². The number of aliphatic hydroxyl groups excluding tert-OH is 3. The number of rotatable bonds is 11. The predicted octanol–water partition coefficient (Wildman–Crippen LogP) is -1.33. The largest absolute Gasteiger partial charge is 0.394 e. The lowest BCUT2D eigenvalue weighted by atomic mass is 10.2. The molecule has 0 heterocycles. The molecule has 0 fully saturated rings. The van der Waals surface area contributed by atoms with Crippen molar-refractivity contribution in [3.63, 3.8) is 0 Å². The second kappa shape index (κ2) is 11.1. The zero-order valence-corrected chi connectivity index (χ0v) is 12.4. The fourth-order valence-corrected chi connectivity index (χ4v) is 2.47. The van der Waals surface area contributed by atoms with Gasteiger partial charge in [-0.15, -0.1) is 0 Å². The van der Waals surface area contributed by atoms with Crippen LogP contribution in [0.25, 0.3) is 0 Å². The molecule has 0 rings (SSSR count). The van der Waals surface area contributed by atoms with Gasteiger partial charge in [-0.25, -0.2) is 0 Å². The molecule has 0 saturated heterocycles. The summed E-state index contributed by atoms with van der Waals surface area (Å²) >= 11 is 0. The van der Waals surface area contributed by atoms with Crippen LogP contribution in [0.15, 0.2) is 0 Å². The van der Waals surface area contributed by atoms with E-state index in [0.29, 0.717) is 19.7 Å². The molecular formula is C11H27NO4Si. The second-order valence-electron chi connectivity index (χ2n) is 4.41. The minimum Gasteiger partial charge on any atom is -0.394 e. The summed E-state index contributed by atoms with van der Waals surface area (Å²) in [5, 5.41) is 27.9. The Bertz CT molecular complexity index is 174. The Kier molecular flexibility index (Phi) is 11.1. The number of hydrogen-bond donors (Lipinski definition) is 3. The van der Waals surface area contributed by atoms with Crippen LogP contribution >= 0.6 is 0 Å². The van der Waals surface area contributed by atoms with Crippen molar-refractivity contribution in [1.29, 1.82) is 0 Å². The van der Waals surface area contributed by atoms with E-state index in [0.717, 1.165) is 13.0 Å². The lowest BCUT2D eigenvalue weighted by Gasteiger charge is -2.26. The summed E-state index contributed by atoms with van der Waals surface area (Å²) in [5.41, 5.74) is 0. The molecule has 0 aliphatic rings. The number of hydrogen-bond acceptors (Lipinski definition) is 5. The Morgan fingerprint density at radius 1 is 1.24 bits per heavy atom. The first-order valence-electron chi connectivity index (χ1n) is 6.32. The molecule has 0 saturated carbocycles. The summed E-state index contributed by atoms with van der Waals surface area (Å²) in [6.07, 6.45) is -0.172. The second-order valence-corrected chi connectivity index (χ2v) is 6.12. The minimum atomic E-state index is -0.733. The quantitative estimate of drug-likeness (QED) is 0.319. The van der Waals surface area contributed by atoms with Gasteiger partial charge in [0.25, 0.3) is 0 Å². The van der Waals surface area contributed by atoms with Crippen LogP contribution < -0.4 is 0 Å². The van der Waals surface area contributed by atoms with Gasteiger partial charge in [-0.1, -0.05) is 12.6 Å². The van der Waals surface area contributed by atoms with Crippen LogP contribution in [-0.4, -0.2) is 81.9 Å². The van der Waals surface area contributed by atoms with Crippen LogP contribution in [0.1, 0.15) is 6.42 Å². The maximum absolute atomic E-state index is 9.66. The normalized spacial score (nSPS) is 15.9. The highest BCUT2D eigenvalue weighted by Crippen LogP contribution is 2.00. The first-order valence-corrected chi connectivity index (χ1v) is 8.73. The van der Waals surface area contributed by atoms with Crippen LogP contribution in [0.2, 0.25) is 12.6 Å². The maximum Gasteiger partial charge on any atom is 0.0900 e. The van der Waals surface area contributed by atoms with E-state index in [4.69, 9.17) is 9.84 Å². The summed E-state index contributed by atoms with van der Waals surface area (Å²) in [6, 6.07) is 1.27. The molecular weight excluding hydrogens is 238 g/mol. The number of ether oxygens (including phenoxy) is 1. The van der Waals surface area contributed by atoms with E-state index in [-0.39, 0.29) is 16.1 Å². The van der Waals surface area contributed by atoms with Gasteiger partial charge in [-0.05, 0) is 13.0 Å². The fraction of sp³-hybridized carbons (Fsp3) is 1.00. The molecule has 17 heavy (non-hydrogen) atoms. The van der Waals surface area contributed by atoms with Gasteiger partial charge in [0.1, 0.15) is 0 Å². The summed E-state index contributed by atoms with van der Waals surface area (Å²) in [6.45, 7) is 4.08. The molecule has 0 aliphatic carbocycles. The smallest absolute Gasteiger partial charge is 0.0900 e. The minimum absolute atomic E-state index is 0.0764. The predicted molar refractivity (Wildman–Crippen MR) is 71.2 cm³/mol. The van der Waals surface area contributed by atoms with Crippen LogP contribution in [0.4, 0.5) is 0 Å². The molecule has 5 nitrogen and oxygen atoms in total. The van der Waals surface area contributed by atoms with Crippen molar-refractivity contribution in [2.75, 3.05) is 40.0 Å². The highest BCUT2D eigenvalue weighted by Gasteiger charge is 2.14. The van der Waals surface area contributed by atoms with Crippen molar-refractivity contribution in [1.82, 2.24) is 4.90 Å². The fourth-order valence-electron chi connectivity index (χ4n) is 1.74. The van der Waals surface area contributed by atoms with Crippen LogP contribution in [-0.2, 0) is 4.74 Å². The molecule has 0 aromatic carbocycles. The van der Waals surface area contributed by atoms with Crippen molar-refractivity contribution in [2.45, 2.75) is 31.2 Å². The van der Waals surface area contributed by atoms with Gasteiger partial charge in [0.15, 0.2) is 0 Å². The Labute approximate surface area is 106 Å². The third kappa shape index (κ3) is 9.69. The zero-order valence-electron chi connectivity index (χ0n) is 11.0. The highest BCUT2D eigenvalue weighted by atomic mass is 28.2. The monoisotopic (exact) mass is 265 g/mol. The topological polar surface area (TPSA) is 73.2 Å². The van der Waals surface area contributed by atoms with Crippen molar-refractivity contribution in [3.05, 3.63) is 0 Å². The first-order chi connectivity index (χ1) is 8.13. The van der Waals surface area contributed by atoms with E-state index in [1.54, 1.807) is 7.11 Å². The van der Waals surface area contributed by atoms with Crippen molar-refractivity contribution in [3.8, 4) is 0 Å². The van der Waals surface area contributed by atoms with Gasteiger partial charge in [-0.2, -0.15) is 0 Å². The van der Waals surface area contributed by atoms with Crippen molar-refractivity contribution >= 4 is 9.52 Å². The Balaban J connectivity index is 3.99. The van der Waals surface area contributed by atoms with E-state index >= 15 is 0 Å². The number of aliphatic hydroxyl groups is 3. The van der Waals surface area contributed by atoms with Crippen LogP contribution in [0, 0.1) is 0 Å². The molecule has 2 atom stereocenters. The average molecular weight is 265 g/mol. The van der Waals surface area contributed by atoms with E-state index in [9.17, 15) is 10.2 Å². The average Bonchev–Trinajstić information content (AvgIpc) is 2.29. The standard InChI is InChI=1S/C11H27NO4Si/c1-16-9-11(15)7-12(4-3-5-17-2)6-10(14)8-13/h10-11,13-15H,3-9,17H2,1-2H3. The summed E-state index contributed by atoms with van der Waals surface area (Å²) < 4.78 is 4.88. The molecule has 2 unspecified atom stereocenters. The summed E-state index contributed by atoms with van der Waals surface area (Å²) in [7, 11) is 1.63. The molecule has 0 radical (unpaired) electrons. The first kappa shape index (κ1) is 17.0. The van der Waals surface area contributed by atoms with Gasteiger partial charge in [0.2, 0.25) is 0 Å².